The largest absolute Gasteiger partial charge is 0.471 e. The monoisotopic (exact) mass is 195 g/mol. The van der Waals surface area contributed by atoms with E-state index >= 15 is 0 Å². The molecule has 0 saturated carbocycles. The van der Waals surface area contributed by atoms with E-state index in [1.807, 2.05) is 6.92 Å². The van der Waals surface area contributed by atoms with Crippen LogP contribution in [0.15, 0.2) is 12.3 Å². The van der Waals surface area contributed by atoms with Crippen LogP contribution in [0.1, 0.15) is 26.2 Å². The third-order valence-electron chi connectivity index (χ3n) is 1.31. The normalized spacial score (nSPS) is 12.0. The number of unbranched alkanes of at least 4 members (excludes halogenated alkanes) is 2. The van der Waals surface area contributed by atoms with E-state index in [-0.39, 0.29) is 0 Å². The Bertz CT molecular complexity index is 186. The maximum Gasteiger partial charge on any atom is 0.471 e. The molecule has 0 saturated heterocycles. The second-order valence-corrected chi connectivity index (χ2v) is 2.52. The van der Waals surface area contributed by atoms with Crippen LogP contribution in [0.25, 0.3) is 0 Å². The van der Waals surface area contributed by atoms with Gasteiger partial charge in [0.25, 0.3) is 0 Å². The van der Waals surface area contributed by atoms with Crippen LogP contribution in [0.4, 0.5) is 13.2 Å². The lowest BCUT2D eigenvalue weighted by atomic mass is 10.2. The Hall–Kier alpha value is -1.00. The molecule has 2 nitrogen and oxygen atoms in total. The van der Waals surface area contributed by atoms with Crippen LogP contribution >= 0.6 is 0 Å². The zero-order valence-corrected chi connectivity index (χ0v) is 7.32. The van der Waals surface area contributed by atoms with Crippen molar-refractivity contribution < 1.29 is 18.0 Å². The summed E-state index contributed by atoms with van der Waals surface area (Å²) in [4.78, 5) is 10.2. The molecular weight excluding hydrogens is 183 g/mol. The third-order valence-corrected chi connectivity index (χ3v) is 1.31. The third kappa shape index (κ3) is 6.19. The van der Waals surface area contributed by atoms with Crippen LogP contribution in [0, 0.1) is 0 Å². The molecule has 0 spiro atoms. The number of hydrogen-bond acceptors (Lipinski definition) is 1. The standard InChI is InChI=1S/C8H12F3NO/c1-2-3-4-5-6-12-7(13)8(9,10)11/h5-6H,2-4H2,1H3,(H,12,13)/b6-5+. The number of allylic oxidation sites excluding steroid dienone is 1. The quantitative estimate of drug-likeness (QED) is 0.685. The van der Waals surface area contributed by atoms with E-state index < -0.39 is 12.1 Å². The summed E-state index contributed by atoms with van der Waals surface area (Å²) in [5.41, 5.74) is 0. The molecule has 76 valence electrons. The lowest BCUT2D eigenvalue weighted by Crippen LogP contribution is -2.33. The molecule has 5 heteroatoms. The van der Waals surface area contributed by atoms with E-state index in [2.05, 4.69) is 0 Å². The van der Waals surface area contributed by atoms with E-state index in [1.165, 1.54) is 6.08 Å². The van der Waals surface area contributed by atoms with E-state index in [0.29, 0.717) is 6.42 Å². The fraction of sp³-hybridized carbons (Fsp3) is 0.625. The van der Waals surface area contributed by atoms with Crippen molar-refractivity contribution in [3.05, 3.63) is 12.3 Å². The molecule has 0 atom stereocenters. The molecule has 0 fully saturated rings. The Morgan fingerprint density at radius 1 is 1.46 bits per heavy atom. The minimum atomic E-state index is -4.80. The summed E-state index contributed by atoms with van der Waals surface area (Å²) in [6.07, 6.45) is 0.290. The van der Waals surface area contributed by atoms with Gasteiger partial charge in [0.2, 0.25) is 0 Å². The van der Waals surface area contributed by atoms with Crippen molar-refractivity contribution in [1.29, 1.82) is 0 Å². The second-order valence-electron chi connectivity index (χ2n) is 2.52. The summed E-state index contributed by atoms with van der Waals surface area (Å²) in [7, 11) is 0. The Balaban J connectivity index is 3.64. The van der Waals surface area contributed by atoms with Gasteiger partial charge in [-0.15, -0.1) is 0 Å². The summed E-state index contributed by atoms with van der Waals surface area (Å²) < 4.78 is 34.7. The molecule has 0 radical (unpaired) electrons. The van der Waals surface area contributed by atoms with Crippen molar-refractivity contribution in [2.45, 2.75) is 32.4 Å². The number of amides is 1. The number of alkyl halides is 3. The van der Waals surface area contributed by atoms with Crippen LogP contribution in [-0.2, 0) is 4.79 Å². The molecule has 0 aliphatic rings. The highest BCUT2D eigenvalue weighted by Crippen LogP contribution is 2.13. The van der Waals surface area contributed by atoms with E-state index in [4.69, 9.17) is 0 Å². The van der Waals surface area contributed by atoms with Crippen LogP contribution in [0.5, 0.6) is 0 Å². The Morgan fingerprint density at radius 2 is 2.08 bits per heavy atom. The first-order valence-corrected chi connectivity index (χ1v) is 4.01. The molecule has 0 aliphatic heterocycles. The van der Waals surface area contributed by atoms with Gasteiger partial charge in [-0.2, -0.15) is 13.2 Å². The molecule has 0 unspecified atom stereocenters. The molecule has 0 heterocycles. The SMILES string of the molecule is CCCC/C=C/NC(=O)C(F)(F)F. The first-order valence-electron chi connectivity index (χ1n) is 4.01. The van der Waals surface area contributed by atoms with Crippen molar-refractivity contribution >= 4 is 5.91 Å². The number of halogens is 3. The van der Waals surface area contributed by atoms with Crippen LogP contribution < -0.4 is 5.32 Å². The number of rotatable bonds is 4. The van der Waals surface area contributed by atoms with Crippen LogP contribution in [0.2, 0.25) is 0 Å². The second kappa shape index (κ2) is 5.61. The summed E-state index contributed by atoms with van der Waals surface area (Å²) >= 11 is 0. The highest BCUT2D eigenvalue weighted by molar-refractivity contribution is 5.82. The number of nitrogens with one attached hydrogen (secondary N) is 1. The molecule has 0 aliphatic carbocycles. The molecule has 0 bridgehead atoms. The first kappa shape index (κ1) is 12.0. The van der Waals surface area contributed by atoms with Crippen LogP contribution in [-0.4, -0.2) is 12.1 Å². The van der Waals surface area contributed by atoms with Gasteiger partial charge in [-0.3, -0.25) is 4.79 Å². The van der Waals surface area contributed by atoms with Crippen molar-refractivity contribution in [3.63, 3.8) is 0 Å². The van der Waals surface area contributed by atoms with Crippen molar-refractivity contribution in [2.24, 2.45) is 0 Å². The molecule has 1 N–H and O–H groups in total. The number of carbonyl (C=O) groups excluding carboxylic acids is 1. The fourth-order valence-electron chi connectivity index (χ4n) is 0.622. The maximum atomic E-state index is 11.6. The average Bonchev–Trinajstić information content (AvgIpc) is 2.02. The minimum Gasteiger partial charge on any atom is -0.325 e. The van der Waals surface area contributed by atoms with Gasteiger partial charge in [-0.25, -0.2) is 0 Å². The van der Waals surface area contributed by atoms with Gasteiger partial charge in [0.05, 0.1) is 0 Å². The van der Waals surface area contributed by atoms with E-state index in [0.717, 1.165) is 19.0 Å². The first-order chi connectivity index (χ1) is 5.98. The van der Waals surface area contributed by atoms with Gasteiger partial charge in [-0.1, -0.05) is 25.8 Å². The van der Waals surface area contributed by atoms with E-state index in [9.17, 15) is 18.0 Å². The zero-order valence-electron chi connectivity index (χ0n) is 7.32. The van der Waals surface area contributed by atoms with Crippen molar-refractivity contribution in [3.8, 4) is 0 Å². The fourth-order valence-corrected chi connectivity index (χ4v) is 0.622. The molecule has 13 heavy (non-hydrogen) atoms. The Morgan fingerprint density at radius 3 is 2.54 bits per heavy atom. The molecular formula is C8H12F3NO. The van der Waals surface area contributed by atoms with Crippen molar-refractivity contribution in [2.75, 3.05) is 0 Å². The van der Waals surface area contributed by atoms with Crippen LogP contribution in [0.3, 0.4) is 0 Å². The molecule has 0 rings (SSSR count). The zero-order chi connectivity index (χ0) is 10.3. The van der Waals surface area contributed by atoms with Gasteiger partial charge in [0.15, 0.2) is 0 Å². The topological polar surface area (TPSA) is 29.1 Å². The lowest BCUT2D eigenvalue weighted by molar-refractivity contribution is -0.172. The summed E-state index contributed by atoms with van der Waals surface area (Å²) in [5.74, 6) is -1.93. The molecule has 1 amide bonds. The molecule has 0 aromatic rings. The van der Waals surface area contributed by atoms with Gasteiger partial charge in [-0.05, 0) is 6.42 Å². The summed E-state index contributed by atoms with van der Waals surface area (Å²) in [6, 6.07) is 0. The average molecular weight is 195 g/mol. The lowest BCUT2D eigenvalue weighted by Gasteiger charge is -2.02. The Kier molecular flexibility index (Phi) is 5.18. The smallest absolute Gasteiger partial charge is 0.325 e. The summed E-state index contributed by atoms with van der Waals surface area (Å²) in [6.45, 7) is 1.97. The van der Waals surface area contributed by atoms with Gasteiger partial charge < -0.3 is 5.32 Å². The Labute approximate surface area is 74.8 Å². The predicted molar refractivity (Wildman–Crippen MR) is 42.9 cm³/mol. The molecule has 0 aromatic heterocycles. The summed E-state index contributed by atoms with van der Waals surface area (Å²) in [5, 5.41) is 1.64. The van der Waals surface area contributed by atoms with Gasteiger partial charge in [0, 0.05) is 6.20 Å². The van der Waals surface area contributed by atoms with Gasteiger partial charge >= 0.3 is 12.1 Å². The predicted octanol–water partition coefficient (Wildman–Crippen LogP) is 2.37. The number of carbonyl (C=O) groups is 1. The van der Waals surface area contributed by atoms with Gasteiger partial charge in [0.1, 0.15) is 0 Å². The highest BCUT2D eigenvalue weighted by atomic mass is 19.4. The van der Waals surface area contributed by atoms with E-state index in [1.54, 1.807) is 5.32 Å². The molecule has 0 aromatic carbocycles. The number of hydrogen-bond donors (Lipinski definition) is 1. The highest BCUT2D eigenvalue weighted by Gasteiger charge is 2.37. The van der Waals surface area contributed by atoms with Crippen molar-refractivity contribution in [1.82, 2.24) is 5.32 Å². The minimum absolute atomic E-state index is 0.675. The maximum absolute atomic E-state index is 11.6.